The summed E-state index contributed by atoms with van der Waals surface area (Å²) in [6.07, 6.45) is 4.33. The Morgan fingerprint density at radius 1 is 1.50 bits per heavy atom. The highest BCUT2D eigenvalue weighted by Gasteiger charge is 2.27. The molecule has 0 fully saturated rings. The van der Waals surface area contributed by atoms with E-state index in [2.05, 4.69) is 20.0 Å². The van der Waals surface area contributed by atoms with Crippen molar-refractivity contribution in [2.75, 3.05) is 12.0 Å². The fourth-order valence-electron chi connectivity index (χ4n) is 2.44. The van der Waals surface area contributed by atoms with Crippen LogP contribution in [0, 0.1) is 0 Å². The third-order valence-corrected chi connectivity index (χ3v) is 5.29. The number of rotatable bonds is 8. The largest absolute Gasteiger partial charge is 0.474 e. The van der Waals surface area contributed by atoms with E-state index in [1.165, 1.54) is 0 Å². The standard InChI is InChI=1S/C17H22ClN5O2S/c1-5-17(3,22-23-19)14-8-12-9-15(18)20-10-13(12)16(21-14)25-11(2)6-7-26(4)24/h8-11H,5-7H2,1-4H3/t11-,17-,26?/m1/s1. The maximum Gasteiger partial charge on any atom is 0.223 e. The normalized spacial score (nSPS) is 15.7. The number of hydrogen-bond donors (Lipinski definition) is 0. The molecule has 0 aromatic carbocycles. The number of nitrogens with zero attached hydrogens (tertiary/aromatic N) is 5. The molecule has 7 nitrogen and oxygen atoms in total. The lowest BCUT2D eigenvalue weighted by Gasteiger charge is -2.23. The van der Waals surface area contributed by atoms with Crippen LogP contribution in [-0.2, 0) is 16.3 Å². The Labute approximate surface area is 160 Å². The van der Waals surface area contributed by atoms with E-state index in [4.69, 9.17) is 21.9 Å². The minimum Gasteiger partial charge on any atom is -0.474 e. The van der Waals surface area contributed by atoms with Gasteiger partial charge in [0.2, 0.25) is 5.88 Å². The summed E-state index contributed by atoms with van der Waals surface area (Å²) in [5, 5.41) is 5.82. The molecule has 1 unspecified atom stereocenters. The highest BCUT2D eigenvalue weighted by atomic mass is 35.5. The Morgan fingerprint density at radius 2 is 2.23 bits per heavy atom. The second-order valence-corrected chi connectivity index (χ2v) is 8.29. The predicted octanol–water partition coefficient (Wildman–Crippen LogP) is 4.75. The van der Waals surface area contributed by atoms with Gasteiger partial charge in [-0.25, -0.2) is 9.97 Å². The summed E-state index contributed by atoms with van der Waals surface area (Å²) in [7, 11) is -0.882. The molecule has 0 amide bonds. The first-order valence-corrected chi connectivity index (χ1v) is 10.4. The predicted molar refractivity (Wildman–Crippen MR) is 105 cm³/mol. The number of azide groups is 1. The lowest BCUT2D eigenvalue weighted by Crippen LogP contribution is -2.21. The van der Waals surface area contributed by atoms with Gasteiger partial charge in [-0.05, 0) is 49.7 Å². The average molecular weight is 396 g/mol. The van der Waals surface area contributed by atoms with Gasteiger partial charge in [-0.2, -0.15) is 0 Å². The zero-order valence-corrected chi connectivity index (χ0v) is 16.8. The second kappa shape index (κ2) is 8.66. The Hall–Kier alpha value is -1.89. The molecule has 0 saturated carbocycles. The van der Waals surface area contributed by atoms with Crippen LogP contribution in [0.5, 0.6) is 5.88 Å². The van der Waals surface area contributed by atoms with E-state index < -0.39 is 16.3 Å². The van der Waals surface area contributed by atoms with Gasteiger partial charge in [0, 0.05) is 33.9 Å². The van der Waals surface area contributed by atoms with E-state index >= 15 is 0 Å². The molecular weight excluding hydrogens is 374 g/mol. The maximum atomic E-state index is 11.3. The van der Waals surface area contributed by atoms with Crippen LogP contribution < -0.4 is 4.74 Å². The summed E-state index contributed by atoms with van der Waals surface area (Å²) in [6, 6.07) is 3.58. The molecule has 0 bridgehead atoms. The van der Waals surface area contributed by atoms with Gasteiger partial charge < -0.3 is 4.74 Å². The van der Waals surface area contributed by atoms with E-state index in [1.807, 2.05) is 26.8 Å². The van der Waals surface area contributed by atoms with Crippen LogP contribution in [0.2, 0.25) is 5.15 Å². The van der Waals surface area contributed by atoms with Crippen LogP contribution in [0.25, 0.3) is 21.2 Å². The number of pyridine rings is 2. The quantitative estimate of drug-likeness (QED) is 0.278. The monoisotopic (exact) mass is 395 g/mol. The summed E-state index contributed by atoms with van der Waals surface area (Å²) in [4.78, 5) is 11.7. The van der Waals surface area contributed by atoms with Gasteiger partial charge in [-0.15, -0.1) is 0 Å². The highest BCUT2D eigenvalue weighted by molar-refractivity contribution is 7.84. The summed E-state index contributed by atoms with van der Waals surface area (Å²) in [5.41, 5.74) is 8.73. The Bertz CT molecular complexity index is 872. The van der Waals surface area contributed by atoms with Gasteiger partial charge in [-0.3, -0.25) is 4.21 Å². The van der Waals surface area contributed by atoms with Crippen LogP contribution in [-0.4, -0.2) is 32.3 Å². The first-order valence-electron chi connectivity index (χ1n) is 8.28. The van der Waals surface area contributed by atoms with E-state index in [9.17, 15) is 4.21 Å². The number of ether oxygens (including phenoxy) is 1. The van der Waals surface area contributed by atoms with E-state index in [1.54, 1.807) is 18.5 Å². The molecule has 9 heteroatoms. The summed E-state index contributed by atoms with van der Waals surface area (Å²) in [6.45, 7) is 5.67. The van der Waals surface area contributed by atoms with E-state index in [0.717, 1.165) is 10.8 Å². The lowest BCUT2D eigenvalue weighted by molar-refractivity contribution is 0.211. The third-order valence-electron chi connectivity index (χ3n) is 4.28. The van der Waals surface area contributed by atoms with Crippen LogP contribution in [0.3, 0.4) is 0 Å². The smallest absolute Gasteiger partial charge is 0.223 e. The molecule has 0 aliphatic rings. The Kier molecular flexibility index (Phi) is 6.81. The third kappa shape index (κ3) is 4.84. The molecule has 26 heavy (non-hydrogen) atoms. The summed E-state index contributed by atoms with van der Waals surface area (Å²) < 4.78 is 17.3. The molecular formula is C17H22ClN5O2S. The van der Waals surface area contributed by atoms with Crippen molar-refractivity contribution in [2.24, 2.45) is 5.11 Å². The minimum atomic E-state index is -0.882. The topological polar surface area (TPSA) is 101 Å². The highest BCUT2D eigenvalue weighted by Crippen LogP contribution is 2.34. The van der Waals surface area contributed by atoms with Gasteiger partial charge in [0.1, 0.15) is 5.15 Å². The molecule has 2 aromatic heterocycles. The molecule has 2 aromatic rings. The molecule has 0 radical (unpaired) electrons. The van der Waals surface area contributed by atoms with Crippen molar-refractivity contribution in [1.82, 2.24) is 9.97 Å². The van der Waals surface area contributed by atoms with Crippen LogP contribution in [0.15, 0.2) is 23.4 Å². The van der Waals surface area contributed by atoms with Crippen molar-refractivity contribution in [3.63, 3.8) is 0 Å². The number of hydrogen-bond acceptors (Lipinski definition) is 5. The molecule has 3 atom stereocenters. The lowest BCUT2D eigenvalue weighted by atomic mass is 9.94. The zero-order chi connectivity index (χ0) is 19.3. The first-order chi connectivity index (χ1) is 12.3. The van der Waals surface area contributed by atoms with Crippen molar-refractivity contribution in [3.05, 3.63) is 39.6 Å². The number of halogens is 1. The Balaban J connectivity index is 2.53. The molecule has 2 rings (SSSR count). The first kappa shape index (κ1) is 20.4. The van der Waals surface area contributed by atoms with Crippen LogP contribution in [0.4, 0.5) is 0 Å². The van der Waals surface area contributed by atoms with Gasteiger partial charge in [0.05, 0.1) is 22.7 Å². The molecule has 140 valence electrons. The van der Waals surface area contributed by atoms with Crippen LogP contribution in [0.1, 0.15) is 39.3 Å². The van der Waals surface area contributed by atoms with Crippen LogP contribution >= 0.6 is 11.6 Å². The van der Waals surface area contributed by atoms with Crippen molar-refractivity contribution in [1.29, 1.82) is 0 Å². The number of aromatic nitrogens is 2. The van der Waals surface area contributed by atoms with Crippen molar-refractivity contribution in [3.8, 4) is 5.88 Å². The second-order valence-electron chi connectivity index (χ2n) is 6.35. The molecule has 0 N–H and O–H groups in total. The van der Waals surface area contributed by atoms with Crippen molar-refractivity contribution < 1.29 is 8.95 Å². The van der Waals surface area contributed by atoms with E-state index in [0.29, 0.717) is 35.3 Å². The fourth-order valence-corrected chi connectivity index (χ4v) is 3.27. The van der Waals surface area contributed by atoms with Gasteiger partial charge in [0.15, 0.2) is 0 Å². The molecule has 2 heterocycles. The molecule has 0 aliphatic heterocycles. The fraction of sp³-hybridized carbons (Fsp3) is 0.529. The van der Waals surface area contributed by atoms with Crippen molar-refractivity contribution in [2.45, 2.75) is 45.3 Å². The maximum absolute atomic E-state index is 11.3. The molecule has 0 aliphatic carbocycles. The zero-order valence-electron chi connectivity index (χ0n) is 15.3. The summed E-state index contributed by atoms with van der Waals surface area (Å²) >= 11 is 6.03. The molecule has 0 spiro atoms. The van der Waals surface area contributed by atoms with Gasteiger partial charge in [0.25, 0.3) is 0 Å². The van der Waals surface area contributed by atoms with Gasteiger partial charge in [-0.1, -0.05) is 23.6 Å². The van der Waals surface area contributed by atoms with Crippen molar-refractivity contribution >= 4 is 33.2 Å². The van der Waals surface area contributed by atoms with Gasteiger partial charge >= 0.3 is 0 Å². The average Bonchev–Trinajstić information content (AvgIpc) is 2.59. The Morgan fingerprint density at radius 3 is 2.85 bits per heavy atom. The summed E-state index contributed by atoms with van der Waals surface area (Å²) in [5.74, 6) is 0.956. The number of fused-ring (bicyclic) bond motifs is 1. The van der Waals surface area contributed by atoms with E-state index in [-0.39, 0.29) is 6.10 Å². The molecule has 0 saturated heterocycles. The SMILES string of the molecule is CC[C@@](C)(N=[N+]=[N-])c1cc2cc(Cl)ncc2c(O[C@H](C)CCS(C)=O)n1. The minimum absolute atomic E-state index is 0.173.